The molecular formula is C12H8BrClFNO. The molecule has 1 aromatic heterocycles. The van der Waals surface area contributed by atoms with Gasteiger partial charge in [-0.1, -0.05) is 27.5 Å². The molecular weight excluding hydrogens is 308 g/mol. The molecule has 1 aromatic carbocycles. The van der Waals surface area contributed by atoms with E-state index < -0.39 is 11.9 Å². The number of pyridine rings is 1. The number of hydrogen-bond acceptors (Lipinski definition) is 2. The molecule has 1 atom stereocenters. The quantitative estimate of drug-likeness (QED) is 0.916. The highest BCUT2D eigenvalue weighted by molar-refractivity contribution is 9.10. The molecule has 88 valence electrons. The van der Waals surface area contributed by atoms with E-state index in [0.29, 0.717) is 15.2 Å². The largest absolute Gasteiger partial charge is 0.382 e. The fraction of sp³-hybridized carbons (Fsp3) is 0.0833. The smallest absolute Gasteiger partial charge is 0.129 e. The van der Waals surface area contributed by atoms with Crippen LogP contribution in [0.2, 0.25) is 5.02 Å². The lowest BCUT2D eigenvalue weighted by Crippen LogP contribution is -2.04. The van der Waals surface area contributed by atoms with Gasteiger partial charge in [-0.05, 0) is 30.3 Å². The average Bonchev–Trinajstić information content (AvgIpc) is 2.32. The SMILES string of the molecule is OC(c1ccc(Cl)cn1)c1cc(Br)ccc1F. The Morgan fingerprint density at radius 2 is 2.06 bits per heavy atom. The van der Waals surface area contributed by atoms with Gasteiger partial charge in [-0.2, -0.15) is 0 Å². The first-order valence-corrected chi connectivity index (χ1v) is 5.99. The van der Waals surface area contributed by atoms with Crippen molar-refractivity contribution in [2.24, 2.45) is 0 Å². The van der Waals surface area contributed by atoms with Crippen molar-refractivity contribution in [2.45, 2.75) is 6.10 Å². The molecule has 2 nitrogen and oxygen atoms in total. The molecule has 0 spiro atoms. The van der Waals surface area contributed by atoms with Gasteiger partial charge < -0.3 is 5.11 Å². The summed E-state index contributed by atoms with van der Waals surface area (Å²) in [6.45, 7) is 0. The number of benzene rings is 1. The summed E-state index contributed by atoms with van der Waals surface area (Å²) in [4.78, 5) is 3.96. The predicted molar refractivity (Wildman–Crippen MR) is 67.4 cm³/mol. The third kappa shape index (κ3) is 2.83. The Morgan fingerprint density at radius 1 is 1.29 bits per heavy atom. The molecule has 0 amide bonds. The standard InChI is InChI=1S/C12H8BrClFNO/c13-7-1-3-10(15)9(5-7)12(17)11-4-2-8(14)6-16-11/h1-6,12,17H. The second kappa shape index (κ2) is 5.12. The van der Waals surface area contributed by atoms with Crippen molar-refractivity contribution in [1.82, 2.24) is 4.98 Å². The van der Waals surface area contributed by atoms with Crippen LogP contribution in [0.3, 0.4) is 0 Å². The maximum atomic E-state index is 13.6. The van der Waals surface area contributed by atoms with Gasteiger partial charge in [0.2, 0.25) is 0 Å². The van der Waals surface area contributed by atoms with Crippen LogP contribution in [-0.2, 0) is 0 Å². The lowest BCUT2D eigenvalue weighted by Gasteiger charge is -2.11. The van der Waals surface area contributed by atoms with Gasteiger partial charge in [-0.25, -0.2) is 4.39 Å². The van der Waals surface area contributed by atoms with Gasteiger partial charge in [0, 0.05) is 16.2 Å². The van der Waals surface area contributed by atoms with Crippen LogP contribution in [0.5, 0.6) is 0 Å². The van der Waals surface area contributed by atoms with E-state index in [9.17, 15) is 9.50 Å². The number of hydrogen-bond donors (Lipinski definition) is 1. The van der Waals surface area contributed by atoms with Crippen molar-refractivity contribution >= 4 is 27.5 Å². The minimum atomic E-state index is -1.11. The van der Waals surface area contributed by atoms with Crippen LogP contribution in [0.4, 0.5) is 4.39 Å². The van der Waals surface area contributed by atoms with E-state index in [1.807, 2.05) is 0 Å². The van der Waals surface area contributed by atoms with E-state index in [0.717, 1.165) is 0 Å². The molecule has 1 heterocycles. The number of aromatic nitrogens is 1. The average molecular weight is 317 g/mol. The Labute approximate surface area is 111 Å². The van der Waals surface area contributed by atoms with E-state index in [1.165, 1.54) is 18.3 Å². The Balaban J connectivity index is 2.39. The Bertz CT molecular complexity index is 533. The van der Waals surface area contributed by atoms with Crippen molar-refractivity contribution in [3.63, 3.8) is 0 Å². The van der Waals surface area contributed by atoms with Crippen LogP contribution in [0.15, 0.2) is 41.0 Å². The van der Waals surface area contributed by atoms with Crippen LogP contribution in [0, 0.1) is 5.82 Å². The highest BCUT2D eigenvalue weighted by atomic mass is 79.9. The highest BCUT2D eigenvalue weighted by Crippen LogP contribution is 2.26. The van der Waals surface area contributed by atoms with Gasteiger partial charge in [-0.15, -0.1) is 0 Å². The lowest BCUT2D eigenvalue weighted by atomic mass is 10.1. The third-order valence-corrected chi connectivity index (χ3v) is 3.00. The maximum Gasteiger partial charge on any atom is 0.129 e. The van der Waals surface area contributed by atoms with Gasteiger partial charge in [0.15, 0.2) is 0 Å². The molecule has 0 radical (unpaired) electrons. The fourth-order valence-corrected chi connectivity index (χ4v) is 1.92. The van der Waals surface area contributed by atoms with Crippen molar-refractivity contribution in [2.75, 3.05) is 0 Å². The fourth-order valence-electron chi connectivity index (χ4n) is 1.43. The molecule has 5 heteroatoms. The number of aliphatic hydroxyl groups excluding tert-OH is 1. The van der Waals surface area contributed by atoms with Crippen LogP contribution >= 0.6 is 27.5 Å². The minimum absolute atomic E-state index is 0.175. The number of rotatable bonds is 2. The molecule has 1 unspecified atom stereocenters. The molecule has 0 aliphatic heterocycles. The zero-order chi connectivity index (χ0) is 12.4. The lowest BCUT2D eigenvalue weighted by molar-refractivity contribution is 0.210. The molecule has 0 saturated heterocycles. The molecule has 0 aliphatic rings. The molecule has 0 fully saturated rings. The Morgan fingerprint density at radius 3 is 2.71 bits per heavy atom. The van der Waals surface area contributed by atoms with Gasteiger partial charge in [-0.3, -0.25) is 4.98 Å². The first-order valence-electron chi connectivity index (χ1n) is 4.82. The molecule has 0 aliphatic carbocycles. The first kappa shape index (κ1) is 12.5. The summed E-state index contributed by atoms with van der Waals surface area (Å²) < 4.78 is 14.2. The summed E-state index contributed by atoms with van der Waals surface area (Å²) in [5, 5.41) is 10.5. The monoisotopic (exact) mass is 315 g/mol. The first-order chi connectivity index (χ1) is 8.08. The maximum absolute atomic E-state index is 13.6. The third-order valence-electron chi connectivity index (χ3n) is 2.28. The van der Waals surface area contributed by atoms with E-state index in [-0.39, 0.29) is 5.56 Å². The van der Waals surface area contributed by atoms with Gasteiger partial charge in [0.1, 0.15) is 11.9 Å². The summed E-state index contributed by atoms with van der Waals surface area (Å²) in [5.74, 6) is -0.475. The van der Waals surface area contributed by atoms with Crippen molar-refractivity contribution in [3.05, 3.63) is 63.1 Å². The Kier molecular flexibility index (Phi) is 3.76. The van der Waals surface area contributed by atoms with Gasteiger partial charge >= 0.3 is 0 Å². The minimum Gasteiger partial charge on any atom is -0.382 e. The van der Waals surface area contributed by atoms with E-state index in [1.54, 1.807) is 18.2 Å². The van der Waals surface area contributed by atoms with Gasteiger partial charge in [0.25, 0.3) is 0 Å². The van der Waals surface area contributed by atoms with E-state index in [2.05, 4.69) is 20.9 Å². The number of nitrogens with zero attached hydrogens (tertiary/aromatic N) is 1. The molecule has 1 N–H and O–H groups in total. The normalized spacial score (nSPS) is 12.5. The molecule has 2 aromatic rings. The number of aliphatic hydroxyl groups is 1. The molecule has 17 heavy (non-hydrogen) atoms. The molecule has 0 saturated carbocycles. The highest BCUT2D eigenvalue weighted by Gasteiger charge is 2.16. The summed E-state index contributed by atoms with van der Waals surface area (Å²) in [5.41, 5.74) is 0.528. The number of halogens is 3. The summed E-state index contributed by atoms with van der Waals surface area (Å²) in [7, 11) is 0. The summed E-state index contributed by atoms with van der Waals surface area (Å²) >= 11 is 8.92. The van der Waals surface area contributed by atoms with E-state index >= 15 is 0 Å². The zero-order valence-electron chi connectivity index (χ0n) is 8.57. The van der Waals surface area contributed by atoms with Crippen molar-refractivity contribution in [3.8, 4) is 0 Å². The Hall–Kier alpha value is -0.970. The van der Waals surface area contributed by atoms with Gasteiger partial charge in [0.05, 0.1) is 10.7 Å². The second-order valence-electron chi connectivity index (χ2n) is 3.47. The predicted octanol–water partition coefficient (Wildman–Crippen LogP) is 3.72. The van der Waals surface area contributed by atoms with Crippen LogP contribution in [0.25, 0.3) is 0 Å². The zero-order valence-corrected chi connectivity index (χ0v) is 10.9. The van der Waals surface area contributed by atoms with Crippen LogP contribution in [-0.4, -0.2) is 10.1 Å². The molecule has 2 rings (SSSR count). The second-order valence-corrected chi connectivity index (χ2v) is 4.82. The van der Waals surface area contributed by atoms with Crippen LogP contribution < -0.4 is 0 Å². The van der Waals surface area contributed by atoms with Crippen molar-refractivity contribution < 1.29 is 9.50 Å². The molecule has 0 bridgehead atoms. The topological polar surface area (TPSA) is 33.1 Å². The van der Waals surface area contributed by atoms with Crippen molar-refractivity contribution in [1.29, 1.82) is 0 Å². The van der Waals surface area contributed by atoms with Crippen LogP contribution in [0.1, 0.15) is 17.4 Å². The summed E-state index contributed by atoms with van der Waals surface area (Å²) in [6, 6.07) is 7.55. The van der Waals surface area contributed by atoms with E-state index in [4.69, 9.17) is 11.6 Å². The summed E-state index contributed by atoms with van der Waals surface area (Å²) in [6.07, 6.45) is 0.306.